The summed E-state index contributed by atoms with van der Waals surface area (Å²) in [6, 6.07) is 4.12. The van der Waals surface area contributed by atoms with Crippen LogP contribution in [0.4, 0.5) is 0 Å². The van der Waals surface area contributed by atoms with E-state index in [-0.39, 0.29) is 11.8 Å². The lowest BCUT2D eigenvalue weighted by Crippen LogP contribution is -2.52. The van der Waals surface area contributed by atoms with Crippen LogP contribution >= 0.6 is 11.3 Å². The number of Topliss-reactive ketones (excluding diaryl/α,β-unsaturated/α-hetero) is 1. The van der Waals surface area contributed by atoms with Crippen LogP contribution in [0.1, 0.15) is 16.1 Å². The van der Waals surface area contributed by atoms with Gasteiger partial charge in [0.25, 0.3) is 0 Å². The highest BCUT2D eigenvalue weighted by molar-refractivity contribution is 7.12. The summed E-state index contributed by atoms with van der Waals surface area (Å²) in [7, 11) is -1.14. The summed E-state index contributed by atoms with van der Waals surface area (Å²) in [5, 5.41) is 1.96. The smallest absolute Gasteiger partial charge is 0.174 e. The van der Waals surface area contributed by atoms with E-state index in [1.165, 1.54) is 11.3 Å². The molecule has 19 heavy (non-hydrogen) atoms. The van der Waals surface area contributed by atoms with Crippen LogP contribution in [0.5, 0.6) is 0 Å². The molecule has 1 saturated heterocycles. The molecule has 0 amide bonds. The zero-order valence-electron chi connectivity index (χ0n) is 12.0. The van der Waals surface area contributed by atoms with Crippen LogP contribution < -0.4 is 0 Å². The minimum atomic E-state index is -1.14. The predicted octanol–water partition coefficient (Wildman–Crippen LogP) is 2.90. The third-order valence-electron chi connectivity index (χ3n) is 3.24. The maximum absolute atomic E-state index is 12.2. The molecule has 0 saturated carbocycles. The van der Waals surface area contributed by atoms with Crippen LogP contribution in [0.25, 0.3) is 0 Å². The number of carbonyl (C=O) groups excluding carboxylic acids is 1. The summed E-state index contributed by atoms with van der Waals surface area (Å²) >= 11 is 1.53. The van der Waals surface area contributed by atoms with E-state index in [0.717, 1.165) is 24.2 Å². The van der Waals surface area contributed by atoms with Crippen LogP contribution in [0, 0.1) is 0 Å². The first-order chi connectivity index (χ1) is 8.96. The molecule has 0 bridgehead atoms. The van der Waals surface area contributed by atoms with Gasteiger partial charge in [0, 0.05) is 19.0 Å². The van der Waals surface area contributed by atoms with Gasteiger partial charge in [-0.2, -0.15) is 0 Å². The maximum Gasteiger partial charge on any atom is 0.174 e. The Balaban J connectivity index is 1.98. The number of hydrogen-bond acceptors (Lipinski definition) is 4. The minimum absolute atomic E-state index is 0.256. The molecule has 106 valence electrons. The van der Waals surface area contributed by atoms with Crippen molar-refractivity contribution in [2.75, 3.05) is 25.9 Å². The molecule has 0 N–H and O–H groups in total. The van der Waals surface area contributed by atoms with E-state index in [0.29, 0.717) is 13.0 Å². The van der Waals surface area contributed by atoms with Crippen molar-refractivity contribution < 1.29 is 9.53 Å². The van der Waals surface area contributed by atoms with Crippen molar-refractivity contribution in [2.45, 2.75) is 32.1 Å². The highest BCUT2D eigenvalue weighted by Crippen LogP contribution is 2.18. The van der Waals surface area contributed by atoms with Gasteiger partial charge in [0.15, 0.2) is 5.78 Å². The van der Waals surface area contributed by atoms with Gasteiger partial charge in [-0.25, -0.2) is 0 Å². The number of hydrogen-bond donors (Lipinski definition) is 0. The summed E-state index contributed by atoms with van der Waals surface area (Å²) in [5.74, 6) is 0.256. The number of thiophene rings is 1. The number of ketones is 1. The Kier molecular flexibility index (Phi) is 4.95. The highest BCUT2D eigenvalue weighted by Gasteiger charge is 2.29. The molecule has 5 heteroatoms. The van der Waals surface area contributed by atoms with Crippen LogP contribution in [0.3, 0.4) is 0 Å². The molecule has 0 unspecified atom stereocenters. The number of rotatable bonds is 5. The van der Waals surface area contributed by atoms with Crippen LogP contribution in [-0.2, 0) is 4.74 Å². The highest BCUT2D eigenvalue weighted by atomic mass is 32.1. The van der Waals surface area contributed by atoms with E-state index < -0.39 is 8.07 Å². The first-order valence-electron chi connectivity index (χ1n) is 6.84. The predicted molar refractivity (Wildman–Crippen MR) is 82.8 cm³/mol. The second-order valence-corrected chi connectivity index (χ2v) is 12.7. The standard InChI is InChI=1S/C14H23NO2SSi/c1-19(2,3)11-15-6-7-17-10-12(15)9-13(16)14-5-4-8-18-14/h4-5,8,12H,6-7,9-11H2,1-3H3/t12-/m1/s1. The van der Waals surface area contributed by atoms with Crippen LogP contribution in [0.2, 0.25) is 19.6 Å². The van der Waals surface area contributed by atoms with Crippen molar-refractivity contribution in [3.8, 4) is 0 Å². The van der Waals surface area contributed by atoms with Gasteiger partial charge in [0.05, 0.1) is 26.2 Å². The van der Waals surface area contributed by atoms with Gasteiger partial charge in [-0.05, 0) is 17.6 Å². The van der Waals surface area contributed by atoms with Crippen LogP contribution in [-0.4, -0.2) is 50.7 Å². The summed E-state index contributed by atoms with van der Waals surface area (Å²) in [5.41, 5.74) is 0. The lowest BCUT2D eigenvalue weighted by molar-refractivity contribution is -0.000734. The minimum Gasteiger partial charge on any atom is -0.378 e. The van der Waals surface area contributed by atoms with E-state index in [1.54, 1.807) is 0 Å². The van der Waals surface area contributed by atoms with Crippen LogP contribution in [0.15, 0.2) is 17.5 Å². The fourth-order valence-electron chi connectivity index (χ4n) is 2.45. The molecule has 0 spiro atoms. The van der Waals surface area contributed by atoms with Crippen molar-refractivity contribution in [1.29, 1.82) is 0 Å². The molecule has 1 aromatic heterocycles. The van der Waals surface area contributed by atoms with Crippen molar-refractivity contribution in [3.63, 3.8) is 0 Å². The van der Waals surface area contributed by atoms with E-state index in [4.69, 9.17) is 4.74 Å². The molecule has 1 aliphatic rings. The SMILES string of the molecule is C[Si](C)(C)CN1CCOC[C@H]1CC(=O)c1cccs1. The second-order valence-electron chi connectivity index (χ2n) is 6.36. The zero-order valence-corrected chi connectivity index (χ0v) is 13.8. The van der Waals surface area contributed by atoms with E-state index in [1.807, 2.05) is 17.5 Å². The average molecular weight is 297 g/mol. The Labute approximate surface area is 120 Å². The number of morpholine rings is 1. The van der Waals surface area contributed by atoms with Gasteiger partial charge < -0.3 is 4.74 Å². The van der Waals surface area contributed by atoms with Gasteiger partial charge >= 0.3 is 0 Å². The Morgan fingerprint density at radius 3 is 2.95 bits per heavy atom. The first-order valence-corrected chi connectivity index (χ1v) is 11.4. The van der Waals surface area contributed by atoms with E-state index in [9.17, 15) is 4.79 Å². The molecule has 2 heterocycles. The normalized spacial score (nSPS) is 21.5. The molecular weight excluding hydrogens is 274 g/mol. The number of carbonyl (C=O) groups is 1. The van der Waals surface area contributed by atoms with Gasteiger partial charge in [0.1, 0.15) is 0 Å². The summed E-state index contributed by atoms with van der Waals surface area (Å²) in [6.07, 6.45) is 1.74. The lowest BCUT2D eigenvalue weighted by atomic mass is 10.1. The third kappa shape index (κ3) is 4.52. The van der Waals surface area contributed by atoms with Crippen molar-refractivity contribution in [3.05, 3.63) is 22.4 Å². The first kappa shape index (κ1) is 14.9. The molecule has 1 atom stereocenters. The third-order valence-corrected chi connectivity index (χ3v) is 5.51. The molecule has 0 aliphatic carbocycles. The maximum atomic E-state index is 12.2. The molecular formula is C14H23NO2SSi. The fraction of sp³-hybridized carbons (Fsp3) is 0.643. The molecule has 2 rings (SSSR count). The van der Waals surface area contributed by atoms with Crippen molar-refractivity contribution >= 4 is 25.2 Å². The average Bonchev–Trinajstić information content (AvgIpc) is 2.83. The van der Waals surface area contributed by atoms with Gasteiger partial charge in [-0.3, -0.25) is 9.69 Å². The summed E-state index contributed by atoms with van der Waals surface area (Å²) in [4.78, 5) is 15.6. The Bertz CT molecular complexity index is 414. The Hall–Kier alpha value is -0.493. The summed E-state index contributed by atoms with van der Waals surface area (Å²) in [6.45, 7) is 9.59. The van der Waals surface area contributed by atoms with Gasteiger partial charge in [0.2, 0.25) is 0 Å². The Morgan fingerprint density at radius 2 is 2.32 bits per heavy atom. The van der Waals surface area contributed by atoms with E-state index in [2.05, 4.69) is 24.5 Å². The van der Waals surface area contributed by atoms with Gasteiger partial charge in [-0.1, -0.05) is 25.7 Å². The topological polar surface area (TPSA) is 29.5 Å². The zero-order chi connectivity index (χ0) is 13.9. The molecule has 1 aliphatic heterocycles. The molecule has 1 fully saturated rings. The quantitative estimate of drug-likeness (QED) is 0.618. The largest absolute Gasteiger partial charge is 0.378 e. The lowest BCUT2D eigenvalue weighted by Gasteiger charge is -2.38. The Morgan fingerprint density at radius 1 is 1.53 bits per heavy atom. The van der Waals surface area contributed by atoms with Gasteiger partial charge in [-0.15, -0.1) is 11.3 Å². The second kappa shape index (κ2) is 6.30. The number of nitrogens with zero attached hydrogens (tertiary/aromatic N) is 1. The summed E-state index contributed by atoms with van der Waals surface area (Å²) < 4.78 is 5.57. The molecule has 1 aromatic rings. The van der Waals surface area contributed by atoms with Crippen molar-refractivity contribution in [2.24, 2.45) is 0 Å². The monoisotopic (exact) mass is 297 g/mol. The van der Waals surface area contributed by atoms with E-state index >= 15 is 0 Å². The molecule has 3 nitrogen and oxygen atoms in total. The molecule has 0 aromatic carbocycles. The number of ether oxygens (including phenoxy) is 1. The fourth-order valence-corrected chi connectivity index (χ4v) is 4.76. The molecule has 0 radical (unpaired) electrons. The van der Waals surface area contributed by atoms with Crippen molar-refractivity contribution in [1.82, 2.24) is 4.90 Å².